The van der Waals surface area contributed by atoms with Crippen LogP contribution >= 0.6 is 11.9 Å². The van der Waals surface area contributed by atoms with Gasteiger partial charge in [0.15, 0.2) is 0 Å². The van der Waals surface area contributed by atoms with Crippen LogP contribution < -0.4 is 10.0 Å². The molecule has 2 heterocycles. The quantitative estimate of drug-likeness (QED) is 0.793. The predicted molar refractivity (Wildman–Crippen MR) is 73.4 cm³/mol. The lowest BCUT2D eigenvalue weighted by molar-refractivity contribution is -0.132. The van der Waals surface area contributed by atoms with E-state index in [1.165, 1.54) is 16.8 Å². The summed E-state index contributed by atoms with van der Waals surface area (Å²) in [6.07, 6.45) is 0. The lowest BCUT2D eigenvalue weighted by Crippen LogP contribution is -2.63. The zero-order valence-corrected chi connectivity index (χ0v) is 11.4. The highest BCUT2D eigenvalue weighted by atomic mass is 32.2. The molecule has 2 saturated heterocycles. The highest BCUT2D eigenvalue weighted by Gasteiger charge is 2.43. The zero-order chi connectivity index (χ0) is 13.4. The summed E-state index contributed by atoms with van der Waals surface area (Å²) in [5, 5.41) is 2.88. The number of amides is 3. The normalized spacial score (nSPS) is 26.3. The van der Waals surface area contributed by atoms with E-state index in [0.717, 1.165) is 16.9 Å². The van der Waals surface area contributed by atoms with E-state index in [9.17, 15) is 9.59 Å². The Morgan fingerprint density at radius 3 is 3.05 bits per heavy atom. The number of rotatable bonds is 2. The minimum atomic E-state index is -0.299. The molecular weight excluding hydrogens is 262 g/mol. The van der Waals surface area contributed by atoms with Gasteiger partial charge in [0.05, 0.1) is 12.6 Å². The molecule has 0 aliphatic carbocycles. The lowest BCUT2D eigenvalue weighted by Gasteiger charge is -2.33. The highest BCUT2D eigenvalue weighted by Crippen LogP contribution is 2.21. The highest BCUT2D eigenvalue weighted by molar-refractivity contribution is 7.97. The maximum Gasteiger partial charge on any atom is 0.324 e. The average Bonchev–Trinajstić information content (AvgIpc) is 2.83. The molecule has 0 radical (unpaired) electrons. The smallest absolute Gasteiger partial charge is 0.324 e. The summed E-state index contributed by atoms with van der Waals surface area (Å²) in [6, 6.07) is 7.17. The third-order valence-electron chi connectivity index (χ3n) is 3.38. The molecular formula is C13H15N3O2S. The van der Waals surface area contributed by atoms with E-state index in [0.29, 0.717) is 6.54 Å². The second-order valence-electron chi connectivity index (χ2n) is 4.88. The second-order valence-corrected chi connectivity index (χ2v) is 5.73. The van der Waals surface area contributed by atoms with Gasteiger partial charge in [0.1, 0.15) is 6.04 Å². The van der Waals surface area contributed by atoms with E-state index in [1.807, 2.05) is 31.2 Å². The fourth-order valence-corrected chi connectivity index (χ4v) is 3.40. The minimum Gasteiger partial charge on any atom is -0.332 e. The van der Waals surface area contributed by atoms with Crippen molar-refractivity contribution in [2.45, 2.75) is 25.6 Å². The summed E-state index contributed by atoms with van der Waals surface area (Å²) in [7, 11) is 0. The predicted octanol–water partition coefficient (Wildman–Crippen LogP) is 1.04. The molecule has 2 fully saturated rings. The molecule has 19 heavy (non-hydrogen) atoms. The van der Waals surface area contributed by atoms with Crippen LogP contribution in [0.5, 0.6) is 0 Å². The summed E-state index contributed by atoms with van der Waals surface area (Å²) in [6.45, 7) is 2.31. The van der Waals surface area contributed by atoms with Crippen LogP contribution in [-0.2, 0) is 11.3 Å². The second kappa shape index (κ2) is 4.86. The number of nitrogens with one attached hydrogen (secondary N) is 2. The van der Waals surface area contributed by atoms with Gasteiger partial charge in [-0.2, -0.15) is 0 Å². The maximum atomic E-state index is 12.3. The summed E-state index contributed by atoms with van der Waals surface area (Å²) < 4.78 is 3.07. The van der Waals surface area contributed by atoms with Crippen molar-refractivity contribution < 1.29 is 9.59 Å². The number of carbonyl (C=O) groups excluding carboxylic acids is 2. The van der Waals surface area contributed by atoms with Crippen molar-refractivity contribution in [2.24, 2.45) is 0 Å². The van der Waals surface area contributed by atoms with Crippen molar-refractivity contribution in [3.05, 3.63) is 35.4 Å². The monoisotopic (exact) mass is 277 g/mol. The summed E-state index contributed by atoms with van der Waals surface area (Å²) in [4.78, 5) is 25.6. The molecule has 0 spiro atoms. The van der Waals surface area contributed by atoms with Gasteiger partial charge in [0, 0.05) is 5.75 Å². The van der Waals surface area contributed by atoms with Crippen LogP contribution in [-0.4, -0.2) is 34.7 Å². The molecule has 2 aliphatic rings. The molecule has 0 aromatic heterocycles. The Kier molecular flexibility index (Phi) is 3.20. The van der Waals surface area contributed by atoms with Crippen molar-refractivity contribution >= 4 is 23.9 Å². The molecule has 1 aromatic carbocycles. The Balaban J connectivity index is 1.80. The van der Waals surface area contributed by atoms with Crippen LogP contribution in [0.1, 0.15) is 11.1 Å². The largest absolute Gasteiger partial charge is 0.332 e. The molecule has 2 unspecified atom stereocenters. The van der Waals surface area contributed by atoms with Crippen LogP contribution in [0.3, 0.4) is 0 Å². The standard InChI is InChI=1S/C13H15N3O2S/c1-8-3-2-4-9(5-8)6-16-12(17)11-10(7-19-15-11)14-13(16)18/h2-5,10-11,15H,6-7H2,1H3,(H,14,18). The number of urea groups is 1. The Morgan fingerprint density at radius 2 is 2.26 bits per heavy atom. The molecule has 0 bridgehead atoms. The molecule has 100 valence electrons. The van der Waals surface area contributed by atoms with Gasteiger partial charge in [-0.3, -0.25) is 9.69 Å². The first kappa shape index (κ1) is 12.5. The van der Waals surface area contributed by atoms with Gasteiger partial charge in [-0.05, 0) is 12.5 Å². The topological polar surface area (TPSA) is 61.4 Å². The molecule has 2 aliphatic heterocycles. The Hall–Kier alpha value is -1.53. The van der Waals surface area contributed by atoms with E-state index in [2.05, 4.69) is 10.0 Å². The fourth-order valence-electron chi connectivity index (χ4n) is 2.40. The number of nitrogens with zero attached hydrogens (tertiary/aromatic N) is 1. The third kappa shape index (κ3) is 2.33. The molecule has 0 saturated carbocycles. The molecule has 3 rings (SSSR count). The van der Waals surface area contributed by atoms with Crippen molar-refractivity contribution in [1.29, 1.82) is 0 Å². The van der Waals surface area contributed by atoms with Crippen molar-refractivity contribution in [1.82, 2.24) is 14.9 Å². The van der Waals surface area contributed by atoms with Crippen LogP contribution in [0.25, 0.3) is 0 Å². The number of imide groups is 1. The van der Waals surface area contributed by atoms with E-state index in [4.69, 9.17) is 0 Å². The first-order valence-electron chi connectivity index (χ1n) is 6.20. The van der Waals surface area contributed by atoms with Crippen LogP contribution in [0.2, 0.25) is 0 Å². The number of hydrogen-bond donors (Lipinski definition) is 2. The van der Waals surface area contributed by atoms with E-state index in [1.54, 1.807) is 0 Å². The van der Waals surface area contributed by atoms with Crippen molar-refractivity contribution in [3.8, 4) is 0 Å². The molecule has 1 aromatic rings. The lowest BCUT2D eigenvalue weighted by atomic mass is 10.1. The fraction of sp³-hybridized carbons (Fsp3) is 0.385. The SMILES string of the molecule is Cc1cccc(CN2C(=O)NC3CSNC3C2=O)c1. The number of carbonyl (C=O) groups is 2. The van der Waals surface area contributed by atoms with E-state index < -0.39 is 0 Å². The average molecular weight is 277 g/mol. The Morgan fingerprint density at radius 1 is 1.42 bits per heavy atom. The van der Waals surface area contributed by atoms with Gasteiger partial charge in [0.2, 0.25) is 0 Å². The summed E-state index contributed by atoms with van der Waals surface area (Å²) in [5.41, 5.74) is 2.09. The van der Waals surface area contributed by atoms with E-state index in [-0.39, 0.29) is 24.0 Å². The molecule has 6 heteroatoms. The number of fused-ring (bicyclic) bond motifs is 1. The minimum absolute atomic E-state index is 0.0845. The number of aryl methyl sites for hydroxylation is 1. The molecule has 2 N–H and O–H groups in total. The number of hydrogen-bond acceptors (Lipinski definition) is 4. The van der Waals surface area contributed by atoms with Crippen molar-refractivity contribution in [2.75, 3.05) is 5.75 Å². The van der Waals surface area contributed by atoms with Crippen LogP contribution in [0, 0.1) is 6.92 Å². The van der Waals surface area contributed by atoms with Gasteiger partial charge < -0.3 is 5.32 Å². The molecule has 2 atom stereocenters. The first-order valence-corrected chi connectivity index (χ1v) is 7.18. The Labute approximate surface area is 115 Å². The van der Waals surface area contributed by atoms with Gasteiger partial charge in [-0.1, -0.05) is 41.8 Å². The molecule has 3 amide bonds. The molecule has 5 nitrogen and oxygen atoms in total. The maximum absolute atomic E-state index is 12.3. The summed E-state index contributed by atoms with van der Waals surface area (Å²) in [5.74, 6) is 0.598. The van der Waals surface area contributed by atoms with Gasteiger partial charge >= 0.3 is 6.03 Å². The Bertz CT molecular complexity index is 534. The van der Waals surface area contributed by atoms with Crippen LogP contribution in [0.4, 0.5) is 4.79 Å². The van der Waals surface area contributed by atoms with Gasteiger partial charge in [-0.25, -0.2) is 9.52 Å². The zero-order valence-electron chi connectivity index (χ0n) is 10.6. The van der Waals surface area contributed by atoms with Crippen molar-refractivity contribution in [3.63, 3.8) is 0 Å². The third-order valence-corrected chi connectivity index (χ3v) is 4.33. The summed E-state index contributed by atoms with van der Waals surface area (Å²) >= 11 is 1.48. The van der Waals surface area contributed by atoms with Crippen LogP contribution in [0.15, 0.2) is 24.3 Å². The first-order chi connectivity index (χ1) is 9.15. The van der Waals surface area contributed by atoms with Gasteiger partial charge in [-0.15, -0.1) is 0 Å². The van der Waals surface area contributed by atoms with Gasteiger partial charge in [0.25, 0.3) is 5.91 Å². The number of benzene rings is 1. The van der Waals surface area contributed by atoms with E-state index >= 15 is 0 Å².